The maximum Gasteiger partial charge on any atom is 0.132 e. The number of hydrogen-bond acceptors (Lipinski definition) is 2. The minimum Gasteiger partial charge on any atom is -0.457 e. The molecule has 0 atom stereocenters. The van der Waals surface area contributed by atoms with Crippen LogP contribution in [0.2, 0.25) is 0 Å². The number of benzene rings is 7. The van der Waals surface area contributed by atoms with Crippen molar-refractivity contribution in [3.63, 3.8) is 0 Å². The highest BCUT2D eigenvalue weighted by molar-refractivity contribution is 5.97. The zero-order valence-corrected chi connectivity index (χ0v) is 26.1. The molecule has 0 radical (unpaired) electrons. The molecule has 0 saturated heterocycles. The fourth-order valence-electron chi connectivity index (χ4n) is 8.04. The van der Waals surface area contributed by atoms with Crippen LogP contribution in [-0.4, -0.2) is 4.98 Å². The lowest BCUT2D eigenvalue weighted by Crippen LogP contribution is -2.32. The second-order valence-electron chi connectivity index (χ2n) is 12.7. The van der Waals surface area contributed by atoms with Gasteiger partial charge in [-0.15, -0.1) is 0 Å². The van der Waals surface area contributed by atoms with Gasteiger partial charge in [-0.2, -0.15) is 0 Å². The molecule has 224 valence electrons. The van der Waals surface area contributed by atoms with Crippen LogP contribution in [0.3, 0.4) is 0 Å². The monoisotopic (exact) mass is 611 g/mol. The van der Waals surface area contributed by atoms with E-state index in [0.717, 1.165) is 50.5 Å². The predicted octanol–water partition coefficient (Wildman–Crippen LogP) is 11.7. The number of para-hydroxylation sites is 1. The average Bonchev–Trinajstić information content (AvgIpc) is 3.45. The molecule has 2 nitrogen and oxygen atoms in total. The van der Waals surface area contributed by atoms with Crippen molar-refractivity contribution in [2.75, 3.05) is 0 Å². The molecule has 0 N–H and O–H groups in total. The Bertz CT molecular complexity index is 2490. The summed E-state index contributed by atoms with van der Waals surface area (Å²) in [5, 5.41) is 2.33. The van der Waals surface area contributed by atoms with Gasteiger partial charge in [0.1, 0.15) is 11.5 Å². The van der Waals surface area contributed by atoms with E-state index in [1.54, 1.807) is 0 Å². The SMILES string of the molecule is c1ccc(-c2cc3ccccc3c(-c3ccc(-c4ccc5c(c4)Oc4ccccc4C54c5ccccc5-c5ccccc54)cc3)n2)cc1. The first-order valence-electron chi connectivity index (χ1n) is 16.5. The van der Waals surface area contributed by atoms with Gasteiger partial charge < -0.3 is 4.74 Å². The Balaban J connectivity index is 1.10. The molecular weight excluding hydrogens is 583 g/mol. The van der Waals surface area contributed by atoms with Gasteiger partial charge in [-0.25, -0.2) is 4.98 Å². The summed E-state index contributed by atoms with van der Waals surface area (Å²) in [6.07, 6.45) is 0. The smallest absolute Gasteiger partial charge is 0.132 e. The van der Waals surface area contributed by atoms with Crippen molar-refractivity contribution in [1.82, 2.24) is 4.98 Å². The summed E-state index contributed by atoms with van der Waals surface area (Å²) in [6.45, 7) is 0. The van der Waals surface area contributed by atoms with Gasteiger partial charge in [0.2, 0.25) is 0 Å². The van der Waals surface area contributed by atoms with Crippen LogP contribution in [0, 0.1) is 0 Å². The molecule has 1 aromatic heterocycles. The Kier molecular flexibility index (Phi) is 5.82. The van der Waals surface area contributed by atoms with Crippen molar-refractivity contribution < 1.29 is 4.74 Å². The maximum absolute atomic E-state index is 6.74. The first kappa shape index (κ1) is 26.9. The minimum atomic E-state index is -0.448. The van der Waals surface area contributed by atoms with Crippen molar-refractivity contribution in [3.05, 3.63) is 198 Å². The molecule has 48 heavy (non-hydrogen) atoms. The number of nitrogens with zero attached hydrogens (tertiary/aromatic N) is 1. The van der Waals surface area contributed by atoms with Gasteiger partial charge in [0, 0.05) is 27.6 Å². The summed E-state index contributed by atoms with van der Waals surface area (Å²) in [4.78, 5) is 5.18. The topological polar surface area (TPSA) is 22.1 Å². The highest BCUT2D eigenvalue weighted by Crippen LogP contribution is 2.62. The lowest BCUT2D eigenvalue weighted by Gasteiger charge is -2.39. The Morgan fingerprint density at radius 2 is 0.979 bits per heavy atom. The molecule has 1 aliphatic heterocycles. The van der Waals surface area contributed by atoms with Gasteiger partial charge >= 0.3 is 0 Å². The van der Waals surface area contributed by atoms with E-state index >= 15 is 0 Å². The third-order valence-electron chi connectivity index (χ3n) is 10.2. The molecule has 0 fully saturated rings. The molecular formula is C46H29NO. The van der Waals surface area contributed by atoms with Crippen molar-refractivity contribution >= 4 is 10.8 Å². The molecule has 2 heterocycles. The first-order chi connectivity index (χ1) is 23.8. The first-order valence-corrected chi connectivity index (χ1v) is 16.5. The number of rotatable bonds is 3. The zero-order valence-electron chi connectivity index (χ0n) is 26.1. The molecule has 2 aliphatic rings. The summed E-state index contributed by atoms with van der Waals surface area (Å²) in [5.74, 6) is 1.80. The summed E-state index contributed by atoms with van der Waals surface area (Å²) >= 11 is 0. The number of fused-ring (bicyclic) bond motifs is 10. The Labute approximate surface area is 279 Å². The second-order valence-corrected chi connectivity index (χ2v) is 12.7. The minimum absolute atomic E-state index is 0.448. The zero-order chi connectivity index (χ0) is 31.7. The van der Waals surface area contributed by atoms with E-state index in [1.165, 1.54) is 38.8 Å². The van der Waals surface area contributed by atoms with Gasteiger partial charge in [0.15, 0.2) is 0 Å². The van der Waals surface area contributed by atoms with Crippen molar-refractivity contribution in [3.8, 4) is 56.3 Å². The summed E-state index contributed by atoms with van der Waals surface area (Å²) in [6, 6.07) is 62.9. The van der Waals surface area contributed by atoms with Gasteiger partial charge in [-0.05, 0) is 57.0 Å². The van der Waals surface area contributed by atoms with Crippen molar-refractivity contribution in [2.45, 2.75) is 5.41 Å². The normalized spacial score (nSPS) is 13.3. The number of aromatic nitrogens is 1. The van der Waals surface area contributed by atoms with E-state index in [4.69, 9.17) is 9.72 Å². The molecule has 1 aliphatic carbocycles. The van der Waals surface area contributed by atoms with Crippen LogP contribution in [0.1, 0.15) is 22.3 Å². The van der Waals surface area contributed by atoms with Crippen LogP contribution < -0.4 is 4.74 Å². The van der Waals surface area contributed by atoms with E-state index in [9.17, 15) is 0 Å². The Hall–Kier alpha value is -6.25. The average molecular weight is 612 g/mol. The molecule has 10 rings (SSSR count). The van der Waals surface area contributed by atoms with Crippen LogP contribution in [0.15, 0.2) is 176 Å². The number of hydrogen-bond donors (Lipinski definition) is 0. The van der Waals surface area contributed by atoms with E-state index in [-0.39, 0.29) is 0 Å². The third kappa shape index (κ3) is 3.84. The Morgan fingerprint density at radius 1 is 0.396 bits per heavy atom. The fraction of sp³-hybridized carbons (Fsp3) is 0.0217. The van der Waals surface area contributed by atoms with Crippen LogP contribution in [-0.2, 0) is 5.41 Å². The standard InChI is InChI=1S/C46H29NO/c1-2-12-31(13-3-1)42-28-34-14-4-5-15-35(34)45(47-42)32-24-22-30(23-25-32)33-26-27-41-44(29-33)48-43-21-11-10-20-40(43)46(41)38-18-8-6-16-36(38)37-17-7-9-19-39(37)46/h1-29H. The lowest BCUT2D eigenvalue weighted by atomic mass is 9.66. The second kappa shape index (κ2) is 10.4. The molecule has 8 aromatic rings. The van der Waals surface area contributed by atoms with Crippen LogP contribution in [0.5, 0.6) is 11.5 Å². The molecule has 0 unspecified atom stereocenters. The number of pyridine rings is 1. The fourth-order valence-corrected chi connectivity index (χ4v) is 8.04. The van der Waals surface area contributed by atoms with E-state index in [1.807, 2.05) is 6.07 Å². The Morgan fingerprint density at radius 3 is 1.75 bits per heavy atom. The molecule has 0 amide bonds. The van der Waals surface area contributed by atoms with Crippen LogP contribution in [0.25, 0.3) is 55.5 Å². The molecule has 0 saturated carbocycles. The van der Waals surface area contributed by atoms with E-state index < -0.39 is 5.41 Å². The van der Waals surface area contributed by atoms with Gasteiger partial charge in [-0.3, -0.25) is 0 Å². The van der Waals surface area contributed by atoms with Gasteiger partial charge in [0.05, 0.1) is 16.8 Å². The quantitative estimate of drug-likeness (QED) is 0.198. The highest BCUT2D eigenvalue weighted by atomic mass is 16.5. The summed E-state index contributed by atoms with van der Waals surface area (Å²) < 4.78 is 6.74. The maximum atomic E-state index is 6.74. The predicted molar refractivity (Wildman–Crippen MR) is 195 cm³/mol. The third-order valence-corrected chi connectivity index (χ3v) is 10.2. The van der Waals surface area contributed by atoms with Crippen molar-refractivity contribution in [1.29, 1.82) is 0 Å². The summed E-state index contributed by atoms with van der Waals surface area (Å²) in [7, 11) is 0. The largest absolute Gasteiger partial charge is 0.457 e. The number of ether oxygens (including phenoxy) is 1. The van der Waals surface area contributed by atoms with E-state index in [2.05, 4.69) is 170 Å². The molecule has 0 bridgehead atoms. The van der Waals surface area contributed by atoms with Gasteiger partial charge in [0.25, 0.3) is 0 Å². The molecule has 1 spiro atoms. The highest BCUT2D eigenvalue weighted by Gasteiger charge is 2.50. The van der Waals surface area contributed by atoms with Gasteiger partial charge in [-0.1, -0.05) is 158 Å². The van der Waals surface area contributed by atoms with Crippen LogP contribution >= 0.6 is 0 Å². The van der Waals surface area contributed by atoms with E-state index in [0.29, 0.717) is 0 Å². The molecule has 7 aromatic carbocycles. The summed E-state index contributed by atoms with van der Waals surface area (Å²) in [5.41, 5.74) is 13.5. The molecule has 2 heteroatoms. The van der Waals surface area contributed by atoms with Crippen LogP contribution in [0.4, 0.5) is 0 Å². The lowest BCUT2D eigenvalue weighted by molar-refractivity contribution is 0.436. The van der Waals surface area contributed by atoms with Crippen molar-refractivity contribution in [2.24, 2.45) is 0 Å².